The number of aromatic amines is 1. The Labute approximate surface area is 98.0 Å². The number of hydrogen-bond donors (Lipinski definition) is 1. The number of benzene rings is 1. The Morgan fingerprint density at radius 3 is 2.65 bits per heavy atom. The Morgan fingerprint density at radius 2 is 2.00 bits per heavy atom. The molecule has 1 heterocycles. The fourth-order valence-electron chi connectivity index (χ4n) is 1.49. The summed E-state index contributed by atoms with van der Waals surface area (Å²) in [7, 11) is 0. The first-order valence-electron chi connectivity index (χ1n) is 5.11. The lowest BCUT2D eigenvalue weighted by Crippen LogP contribution is -1.90. The first-order chi connectivity index (χ1) is 8.16. The number of imidazole rings is 1. The quantitative estimate of drug-likeness (QED) is 0.649. The number of nitro groups is 1. The third-order valence-electron chi connectivity index (χ3n) is 2.25. The predicted octanol–water partition coefficient (Wildman–Crippen LogP) is 2.80. The number of nitrogens with one attached hydrogen (secondary N) is 1. The van der Waals surface area contributed by atoms with E-state index in [0.29, 0.717) is 11.5 Å². The molecule has 5 nitrogen and oxygen atoms in total. The maximum Gasteiger partial charge on any atom is 0.348 e. The lowest BCUT2D eigenvalue weighted by Gasteiger charge is -1.92. The van der Waals surface area contributed by atoms with Crippen molar-refractivity contribution in [3.05, 3.63) is 57.5 Å². The van der Waals surface area contributed by atoms with Crippen molar-refractivity contribution in [1.82, 2.24) is 9.97 Å². The first-order valence-corrected chi connectivity index (χ1v) is 5.11. The van der Waals surface area contributed by atoms with Crippen molar-refractivity contribution < 1.29 is 4.92 Å². The summed E-state index contributed by atoms with van der Waals surface area (Å²) in [6.07, 6.45) is 3.43. The van der Waals surface area contributed by atoms with Gasteiger partial charge in [0.05, 0.1) is 0 Å². The number of H-pyrrole nitrogens is 1. The molecule has 0 aliphatic rings. The molecule has 0 saturated carbocycles. The van der Waals surface area contributed by atoms with Gasteiger partial charge in [0, 0.05) is 6.92 Å². The van der Waals surface area contributed by atoms with Gasteiger partial charge in [0.15, 0.2) is 11.5 Å². The molecule has 0 bridgehead atoms. The molecule has 0 fully saturated rings. The Kier molecular flexibility index (Phi) is 3.00. The Hall–Kier alpha value is -2.43. The molecule has 0 aliphatic carbocycles. The van der Waals surface area contributed by atoms with Crippen molar-refractivity contribution in [2.45, 2.75) is 6.92 Å². The Morgan fingerprint density at radius 1 is 1.29 bits per heavy atom. The van der Waals surface area contributed by atoms with Crippen LogP contribution in [0.5, 0.6) is 0 Å². The fourth-order valence-corrected chi connectivity index (χ4v) is 1.49. The summed E-state index contributed by atoms with van der Waals surface area (Å²) in [6.45, 7) is 1.69. The summed E-state index contributed by atoms with van der Waals surface area (Å²) in [4.78, 5) is 17.0. The van der Waals surface area contributed by atoms with E-state index < -0.39 is 4.92 Å². The normalized spacial score (nSPS) is 10.9. The van der Waals surface area contributed by atoms with E-state index in [2.05, 4.69) is 9.97 Å². The predicted molar refractivity (Wildman–Crippen MR) is 65.3 cm³/mol. The zero-order chi connectivity index (χ0) is 12.3. The van der Waals surface area contributed by atoms with Crippen LogP contribution in [-0.2, 0) is 0 Å². The second-order valence-electron chi connectivity index (χ2n) is 3.56. The van der Waals surface area contributed by atoms with Crippen LogP contribution in [0.15, 0.2) is 30.3 Å². The summed E-state index contributed by atoms with van der Waals surface area (Å²) in [5, 5.41) is 10.7. The number of aromatic nitrogens is 2. The monoisotopic (exact) mass is 229 g/mol. The highest BCUT2D eigenvalue weighted by Gasteiger charge is 2.14. The second-order valence-corrected chi connectivity index (χ2v) is 3.56. The van der Waals surface area contributed by atoms with E-state index in [1.54, 1.807) is 19.1 Å². The van der Waals surface area contributed by atoms with Gasteiger partial charge in [-0.25, -0.2) is 9.97 Å². The summed E-state index contributed by atoms with van der Waals surface area (Å²) in [5.41, 5.74) is 1.32. The molecule has 0 amide bonds. The van der Waals surface area contributed by atoms with E-state index in [-0.39, 0.29) is 5.82 Å². The molecule has 1 N–H and O–H groups in total. The Balaban J connectivity index is 2.30. The highest BCUT2D eigenvalue weighted by Crippen LogP contribution is 2.17. The molecule has 1 aromatic heterocycles. The number of rotatable bonds is 3. The van der Waals surface area contributed by atoms with Crippen molar-refractivity contribution in [2.75, 3.05) is 0 Å². The average molecular weight is 229 g/mol. The van der Waals surface area contributed by atoms with E-state index in [9.17, 15) is 10.1 Å². The van der Waals surface area contributed by atoms with Gasteiger partial charge >= 0.3 is 5.82 Å². The third kappa shape index (κ3) is 2.57. The van der Waals surface area contributed by atoms with Gasteiger partial charge in [0.25, 0.3) is 0 Å². The van der Waals surface area contributed by atoms with Crippen molar-refractivity contribution >= 4 is 18.0 Å². The van der Waals surface area contributed by atoms with Gasteiger partial charge in [-0.2, -0.15) is 0 Å². The molecule has 0 aliphatic heterocycles. The highest BCUT2D eigenvalue weighted by atomic mass is 16.6. The van der Waals surface area contributed by atoms with E-state index in [0.717, 1.165) is 5.56 Å². The van der Waals surface area contributed by atoms with Crippen LogP contribution in [0.25, 0.3) is 12.2 Å². The van der Waals surface area contributed by atoms with Crippen molar-refractivity contribution in [3.63, 3.8) is 0 Å². The van der Waals surface area contributed by atoms with Crippen molar-refractivity contribution in [3.8, 4) is 0 Å². The molecule has 2 aromatic rings. The topological polar surface area (TPSA) is 71.8 Å². The summed E-state index contributed by atoms with van der Waals surface area (Å²) >= 11 is 0. The summed E-state index contributed by atoms with van der Waals surface area (Å²) in [6, 6.07) is 9.57. The minimum atomic E-state index is -0.468. The van der Waals surface area contributed by atoms with E-state index in [1.807, 2.05) is 30.3 Å². The molecular weight excluding hydrogens is 218 g/mol. The van der Waals surface area contributed by atoms with Crippen LogP contribution in [0.2, 0.25) is 0 Å². The van der Waals surface area contributed by atoms with Crippen LogP contribution in [-0.4, -0.2) is 14.9 Å². The minimum Gasteiger partial charge on any atom is -0.358 e. The molecule has 5 heteroatoms. The number of hydrogen-bond acceptors (Lipinski definition) is 3. The van der Waals surface area contributed by atoms with Gasteiger partial charge in [0.2, 0.25) is 0 Å². The number of nitrogens with zero attached hydrogens (tertiary/aromatic N) is 2. The molecule has 0 atom stereocenters. The first kappa shape index (κ1) is 11.1. The van der Waals surface area contributed by atoms with Gasteiger partial charge in [-0.05, 0) is 16.6 Å². The van der Waals surface area contributed by atoms with Crippen molar-refractivity contribution in [1.29, 1.82) is 0 Å². The lowest BCUT2D eigenvalue weighted by molar-refractivity contribution is -0.389. The molecule has 86 valence electrons. The molecule has 0 saturated heterocycles. The molecule has 0 unspecified atom stereocenters. The number of aryl methyl sites for hydroxylation is 1. The smallest absolute Gasteiger partial charge is 0.348 e. The molecule has 1 aromatic carbocycles. The van der Waals surface area contributed by atoms with Gasteiger partial charge < -0.3 is 10.1 Å². The van der Waals surface area contributed by atoms with Gasteiger partial charge in [0.1, 0.15) is 0 Å². The van der Waals surface area contributed by atoms with Crippen LogP contribution in [0.4, 0.5) is 5.82 Å². The van der Waals surface area contributed by atoms with Crippen LogP contribution >= 0.6 is 0 Å². The van der Waals surface area contributed by atoms with E-state index in [1.165, 1.54) is 0 Å². The molecule has 2 rings (SSSR count). The molecule has 0 spiro atoms. The van der Waals surface area contributed by atoms with Crippen molar-refractivity contribution in [2.24, 2.45) is 0 Å². The summed E-state index contributed by atoms with van der Waals surface area (Å²) < 4.78 is 0. The standard InChI is InChI=1S/C12H11N3O2/c1-9-13-11(12(14-9)15(16)17)8-7-10-5-3-2-4-6-10/h2-8H,1H3,(H,13,14). The maximum absolute atomic E-state index is 10.7. The second kappa shape index (κ2) is 4.61. The van der Waals surface area contributed by atoms with Crippen LogP contribution < -0.4 is 0 Å². The maximum atomic E-state index is 10.7. The van der Waals surface area contributed by atoms with Crippen LogP contribution in [0.3, 0.4) is 0 Å². The van der Waals surface area contributed by atoms with E-state index in [4.69, 9.17) is 0 Å². The SMILES string of the molecule is Cc1nc(C=Cc2ccccc2)c([N+](=O)[O-])[nH]1. The van der Waals surface area contributed by atoms with Gasteiger partial charge in [-0.3, -0.25) is 0 Å². The Bertz CT molecular complexity index is 558. The molecule has 17 heavy (non-hydrogen) atoms. The fraction of sp³-hybridized carbons (Fsp3) is 0.0833. The zero-order valence-corrected chi connectivity index (χ0v) is 9.25. The third-order valence-corrected chi connectivity index (χ3v) is 2.25. The van der Waals surface area contributed by atoms with Gasteiger partial charge in [-0.1, -0.05) is 36.4 Å². The van der Waals surface area contributed by atoms with Crippen LogP contribution in [0, 0.1) is 17.0 Å². The highest BCUT2D eigenvalue weighted by molar-refractivity contribution is 5.71. The molecule has 0 radical (unpaired) electrons. The molecular formula is C12H11N3O2. The average Bonchev–Trinajstić information content (AvgIpc) is 2.69. The zero-order valence-electron chi connectivity index (χ0n) is 9.25. The van der Waals surface area contributed by atoms with Gasteiger partial charge in [-0.15, -0.1) is 0 Å². The van der Waals surface area contributed by atoms with E-state index >= 15 is 0 Å². The minimum absolute atomic E-state index is 0.0744. The van der Waals surface area contributed by atoms with Crippen LogP contribution in [0.1, 0.15) is 17.1 Å². The lowest BCUT2D eigenvalue weighted by atomic mass is 10.2. The summed E-state index contributed by atoms with van der Waals surface area (Å²) in [5.74, 6) is 0.457. The largest absolute Gasteiger partial charge is 0.358 e.